The van der Waals surface area contributed by atoms with Crippen LogP contribution in [0.5, 0.6) is 0 Å². The summed E-state index contributed by atoms with van der Waals surface area (Å²) in [5.41, 5.74) is 6.07. The maximum atomic E-state index is 12.2. The minimum atomic E-state index is -0.738. The molecule has 0 radical (unpaired) electrons. The molecule has 0 spiro atoms. The Balaban J connectivity index is 0.000000293. The number of hydrogen-bond acceptors (Lipinski definition) is 3. The molecule has 0 aromatic rings. The molecule has 4 rings (SSSR count). The number of carbonyl (C=O) groups excluding carboxylic acids is 1. The van der Waals surface area contributed by atoms with Crippen LogP contribution in [0.2, 0.25) is 0 Å². The summed E-state index contributed by atoms with van der Waals surface area (Å²) in [6.45, 7) is 10.0. The third-order valence-corrected chi connectivity index (χ3v) is 10.3. The van der Waals surface area contributed by atoms with Crippen LogP contribution in [-0.2, 0) is 9.59 Å². The Bertz CT molecular complexity index is 648. The molecule has 178 valence electrons. The number of carbonyl (C=O) groups is 2. The van der Waals surface area contributed by atoms with E-state index in [-0.39, 0.29) is 6.42 Å². The highest BCUT2D eigenvalue weighted by Crippen LogP contribution is 2.67. The third kappa shape index (κ3) is 4.89. The molecule has 3 N–H and O–H groups in total. The zero-order valence-electron chi connectivity index (χ0n) is 20.5. The summed E-state index contributed by atoms with van der Waals surface area (Å²) in [4.78, 5) is 22.0. The average Bonchev–Trinajstić information content (AvgIpc) is 3.06. The van der Waals surface area contributed by atoms with Gasteiger partial charge in [-0.2, -0.15) is 0 Å². The molecule has 0 aromatic heterocycles. The molecule has 31 heavy (non-hydrogen) atoms. The van der Waals surface area contributed by atoms with E-state index in [0.29, 0.717) is 35.5 Å². The highest BCUT2D eigenvalue weighted by atomic mass is 16.4. The molecule has 4 fully saturated rings. The topological polar surface area (TPSA) is 80.4 Å². The summed E-state index contributed by atoms with van der Waals surface area (Å²) in [6.07, 6.45) is 14.3. The fourth-order valence-corrected chi connectivity index (χ4v) is 8.56. The second-order valence-corrected chi connectivity index (χ2v) is 12.0. The van der Waals surface area contributed by atoms with Gasteiger partial charge in [-0.15, -0.1) is 0 Å². The largest absolute Gasteiger partial charge is 0.481 e. The van der Waals surface area contributed by atoms with E-state index in [1.54, 1.807) is 0 Å². The van der Waals surface area contributed by atoms with Crippen LogP contribution in [0, 0.1) is 46.3 Å². The smallest absolute Gasteiger partial charge is 0.303 e. The van der Waals surface area contributed by atoms with Gasteiger partial charge < -0.3 is 10.8 Å². The molecule has 0 heterocycles. The van der Waals surface area contributed by atoms with Gasteiger partial charge in [0.15, 0.2) is 0 Å². The maximum Gasteiger partial charge on any atom is 0.303 e. The molecule has 4 saturated carbocycles. The highest BCUT2D eigenvalue weighted by Gasteiger charge is 2.60. The predicted molar refractivity (Wildman–Crippen MR) is 126 cm³/mol. The van der Waals surface area contributed by atoms with Crippen molar-refractivity contribution in [1.82, 2.24) is 0 Å². The number of hydrogen-bond donors (Lipinski definition) is 2. The van der Waals surface area contributed by atoms with E-state index >= 15 is 0 Å². The summed E-state index contributed by atoms with van der Waals surface area (Å²) in [5, 5.41) is 8.10. The van der Waals surface area contributed by atoms with Crippen molar-refractivity contribution in [2.75, 3.05) is 6.54 Å². The van der Waals surface area contributed by atoms with Crippen molar-refractivity contribution in [3.63, 3.8) is 0 Å². The van der Waals surface area contributed by atoms with Crippen molar-refractivity contribution in [3.8, 4) is 0 Å². The van der Waals surface area contributed by atoms with E-state index in [1.807, 2.05) is 6.92 Å². The lowest BCUT2D eigenvalue weighted by Gasteiger charge is -2.61. The van der Waals surface area contributed by atoms with Crippen LogP contribution >= 0.6 is 0 Å². The van der Waals surface area contributed by atoms with Crippen LogP contribution in [0.4, 0.5) is 0 Å². The molecule has 0 aromatic carbocycles. The Kier molecular flexibility index (Phi) is 7.92. The molecule has 4 heteroatoms. The highest BCUT2D eigenvalue weighted by molar-refractivity contribution is 5.79. The Morgan fingerprint density at radius 2 is 1.61 bits per heavy atom. The summed E-state index contributed by atoms with van der Waals surface area (Å²) < 4.78 is 0. The molecule has 0 aliphatic heterocycles. The first kappa shape index (κ1) is 24.7. The number of unbranched alkanes of at least 4 members (excludes halogenated alkanes) is 1. The minimum Gasteiger partial charge on any atom is -0.481 e. The molecule has 0 amide bonds. The summed E-state index contributed by atoms with van der Waals surface area (Å²) >= 11 is 0. The van der Waals surface area contributed by atoms with Gasteiger partial charge in [0.1, 0.15) is 5.78 Å². The molecular weight excluding hydrogens is 386 g/mol. The van der Waals surface area contributed by atoms with Crippen molar-refractivity contribution >= 4 is 11.8 Å². The van der Waals surface area contributed by atoms with Gasteiger partial charge in [0.25, 0.3) is 0 Å². The van der Waals surface area contributed by atoms with E-state index in [4.69, 9.17) is 10.8 Å². The number of ketones is 1. The lowest BCUT2D eigenvalue weighted by atomic mass is 9.44. The molecule has 4 nitrogen and oxygen atoms in total. The van der Waals surface area contributed by atoms with Crippen molar-refractivity contribution in [3.05, 3.63) is 0 Å². The van der Waals surface area contributed by atoms with Crippen LogP contribution in [0.3, 0.4) is 0 Å². The second kappa shape index (κ2) is 9.93. The quantitative estimate of drug-likeness (QED) is 0.516. The SMILES string of the molecule is CC(=O)C1CCC2C3CCC4CC(C)CCC4(C)C3CCC12C.NCCCCC(=O)O. The molecular formula is C27H47NO3. The van der Waals surface area contributed by atoms with Crippen LogP contribution < -0.4 is 5.73 Å². The first-order chi connectivity index (χ1) is 14.6. The van der Waals surface area contributed by atoms with E-state index in [9.17, 15) is 9.59 Å². The number of carboxylic acids is 1. The van der Waals surface area contributed by atoms with E-state index in [0.717, 1.165) is 36.0 Å². The molecule has 4 aliphatic rings. The molecule has 4 aliphatic carbocycles. The van der Waals surface area contributed by atoms with Crippen molar-refractivity contribution < 1.29 is 14.7 Å². The lowest BCUT2D eigenvalue weighted by molar-refractivity contribution is -0.137. The monoisotopic (exact) mass is 433 g/mol. The first-order valence-electron chi connectivity index (χ1n) is 13.1. The van der Waals surface area contributed by atoms with Crippen molar-refractivity contribution in [1.29, 1.82) is 0 Å². The zero-order valence-corrected chi connectivity index (χ0v) is 20.5. The molecule has 8 unspecified atom stereocenters. The standard InChI is InChI=1S/C22H36O.C5H11NO2/c1-14-9-11-21(3)16(13-14)5-6-17-19-8-7-18(15(2)23)22(19,4)12-10-20(17)21;6-4-2-1-3-5(7)8/h14,16-20H,5-13H2,1-4H3;1-4,6H2,(H,7,8). The van der Waals surface area contributed by atoms with E-state index in [1.165, 1.54) is 57.8 Å². The van der Waals surface area contributed by atoms with Crippen LogP contribution in [0.1, 0.15) is 105 Å². The summed E-state index contributed by atoms with van der Waals surface area (Å²) in [6, 6.07) is 0. The third-order valence-electron chi connectivity index (χ3n) is 10.3. The van der Waals surface area contributed by atoms with Crippen LogP contribution in [0.25, 0.3) is 0 Å². The van der Waals surface area contributed by atoms with Gasteiger partial charge >= 0.3 is 5.97 Å². The Labute approximate surface area is 190 Å². The van der Waals surface area contributed by atoms with Crippen molar-refractivity contribution in [2.24, 2.45) is 52.1 Å². The molecule has 0 bridgehead atoms. The summed E-state index contributed by atoms with van der Waals surface area (Å²) in [7, 11) is 0. The molecule has 8 atom stereocenters. The average molecular weight is 434 g/mol. The van der Waals surface area contributed by atoms with Crippen LogP contribution in [0.15, 0.2) is 0 Å². The zero-order chi connectivity index (χ0) is 22.8. The Hall–Kier alpha value is -0.900. The van der Waals surface area contributed by atoms with Crippen LogP contribution in [-0.4, -0.2) is 23.4 Å². The van der Waals surface area contributed by atoms with E-state index in [2.05, 4.69) is 20.8 Å². The van der Waals surface area contributed by atoms with Gasteiger partial charge in [0, 0.05) is 12.3 Å². The number of rotatable bonds is 5. The van der Waals surface area contributed by atoms with Gasteiger partial charge in [0.05, 0.1) is 0 Å². The van der Waals surface area contributed by atoms with Gasteiger partial charge in [-0.3, -0.25) is 9.59 Å². The predicted octanol–water partition coefficient (Wildman–Crippen LogP) is 6.07. The maximum absolute atomic E-state index is 12.2. The minimum absolute atomic E-state index is 0.247. The normalized spacial score (nSPS) is 43.6. The van der Waals surface area contributed by atoms with Gasteiger partial charge in [-0.25, -0.2) is 0 Å². The number of Topliss-reactive ketones (excluding diaryl/α,β-unsaturated/α-hetero) is 1. The number of fused-ring (bicyclic) bond motifs is 5. The first-order valence-corrected chi connectivity index (χ1v) is 13.1. The fourth-order valence-electron chi connectivity index (χ4n) is 8.56. The number of carboxylic acid groups (broad SMARTS) is 1. The van der Waals surface area contributed by atoms with Crippen molar-refractivity contribution in [2.45, 2.75) is 105 Å². The number of nitrogens with two attached hydrogens (primary N) is 1. The Morgan fingerprint density at radius 1 is 0.935 bits per heavy atom. The van der Waals surface area contributed by atoms with Gasteiger partial charge in [-0.05, 0) is 118 Å². The molecule has 0 saturated heterocycles. The second-order valence-electron chi connectivity index (χ2n) is 12.0. The van der Waals surface area contributed by atoms with Gasteiger partial charge in [0.2, 0.25) is 0 Å². The fraction of sp³-hybridized carbons (Fsp3) is 0.926. The van der Waals surface area contributed by atoms with E-state index < -0.39 is 5.97 Å². The number of aliphatic carboxylic acids is 1. The summed E-state index contributed by atoms with van der Waals surface area (Å²) in [5.74, 6) is 4.76. The Morgan fingerprint density at radius 3 is 2.26 bits per heavy atom. The lowest BCUT2D eigenvalue weighted by Crippen LogP contribution is -2.53. The van der Waals surface area contributed by atoms with Gasteiger partial charge in [-0.1, -0.05) is 27.2 Å².